The Labute approximate surface area is 157 Å². The molecule has 7 nitrogen and oxygen atoms in total. The van der Waals surface area contributed by atoms with Gasteiger partial charge in [0.05, 0.1) is 21.2 Å². The summed E-state index contributed by atoms with van der Waals surface area (Å²) in [5, 5.41) is 7.77. The molecule has 0 radical (unpaired) electrons. The van der Waals surface area contributed by atoms with Crippen LogP contribution in [0.1, 0.15) is 39.9 Å². The van der Waals surface area contributed by atoms with Crippen LogP contribution in [0.3, 0.4) is 0 Å². The number of esters is 1. The maximum absolute atomic E-state index is 11.9. The largest absolute Gasteiger partial charge is 0.466 e. The van der Waals surface area contributed by atoms with Crippen LogP contribution in [0, 0.1) is 13.8 Å². The van der Waals surface area contributed by atoms with E-state index in [1.807, 2.05) is 6.92 Å². The van der Waals surface area contributed by atoms with Crippen LogP contribution in [-0.4, -0.2) is 21.9 Å². The molecule has 0 unspecified atom stereocenters. The summed E-state index contributed by atoms with van der Waals surface area (Å²) < 4.78 is 16.5. The molecule has 0 aromatic carbocycles. The molecule has 0 bridgehead atoms. The molecule has 3 rings (SSSR count). The first-order valence-electron chi connectivity index (χ1n) is 7.76. The van der Waals surface area contributed by atoms with Crippen LogP contribution in [0.15, 0.2) is 27.0 Å². The van der Waals surface area contributed by atoms with Crippen molar-refractivity contribution in [2.75, 3.05) is 0 Å². The number of aromatic nitrogens is 2. The number of ketones is 1. The van der Waals surface area contributed by atoms with Gasteiger partial charge < -0.3 is 13.6 Å². The molecule has 0 aliphatic rings. The van der Waals surface area contributed by atoms with Crippen molar-refractivity contribution < 1.29 is 23.2 Å². The number of carbonyl (C=O) groups is 2. The van der Waals surface area contributed by atoms with Gasteiger partial charge in [-0.3, -0.25) is 9.59 Å². The van der Waals surface area contributed by atoms with Crippen LogP contribution >= 0.6 is 22.9 Å². The molecule has 0 atom stereocenters. The highest BCUT2D eigenvalue weighted by Crippen LogP contribution is 2.25. The molecule has 0 aliphatic carbocycles. The van der Waals surface area contributed by atoms with Gasteiger partial charge in [-0.2, -0.15) is 0 Å². The molecule has 26 heavy (non-hydrogen) atoms. The number of ether oxygens (including phenoxy) is 1. The van der Waals surface area contributed by atoms with E-state index >= 15 is 0 Å². The summed E-state index contributed by atoms with van der Waals surface area (Å²) in [5.41, 5.74) is 0.702. The monoisotopic (exact) mass is 394 g/mol. The van der Waals surface area contributed by atoms with E-state index in [1.165, 1.54) is 11.3 Å². The fraction of sp³-hybridized carbons (Fsp3) is 0.294. The van der Waals surface area contributed by atoms with Gasteiger partial charge in [-0.1, -0.05) is 11.6 Å². The summed E-state index contributed by atoms with van der Waals surface area (Å²) in [5.74, 6) is 1.21. The molecule has 136 valence electrons. The number of aryl methyl sites for hydroxylation is 2. The van der Waals surface area contributed by atoms with E-state index in [0.717, 1.165) is 5.76 Å². The van der Waals surface area contributed by atoms with Crippen LogP contribution in [0.25, 0.3) is 11.5 Å². The van der Waals surface area contributed by atoms with Crippen molar-refractivity contribution in [3.05, 3.63) is 44.8 Å². The van der Waals surface area contributed by atoms with Gasteiger partial charge in [0.15, 0.2) is 12.4 Å². The Kier molecular flexibility index (Phi) is 5.53. The molecule has 0 aliphatic heterocycles. The summed E-state index contributed by atoms with van der Waals surface area (Å²) in [6.45, 7) is 3.46. The van der Waals surface area contributed by atoms with Gasteiger partial charge in [0, 0.05) is 6.42 Å². The Morgan fingerprint density at radius 1 is 1.19 bits per heavy atom. The Balaban J connectivity index is 1.49. The van der Waals surface area contributed by atoms with E-state index in [4.69, 9.17) is 25.2 Å². The van der Waals surface area contributed by atoms with E-state index in [9.17, 15) is 9.59 Å². The normalized spacial score (nSPS) is 10.9. The fourth-order valence-electron chi connectivity index (χ4n) is 2.28. The minimum atomic E-state index is -0.518. The molecule has 0 saturated heterocycles. The highest BCUT2D eigenvalue weighted by Gasteiger charge is 2.16. The highest BCUT2D eigenvalue weighted by atomic mass is 35.5. The smallest absolute Gasteiger partial charge is 0.306 e. The lowest BCUT2D eigenvalue weighted by Gasteiger charge is -2.01. The standard InChI is InChI=1S/C17H15ClN2O5S/c1-9-7-11(10(2)24-9)17-20-19-15(25-17)8-23-16(22)6-3-12(21)13-4-5-14(18)26-13/h4-5,7H,3,6,8H2,1-2H3. The van der Waals surface area contributed by atoms with E-state index in [1.54, 1.807) is 25.1 Å². The summed E-state index contributed by atoms with van der Waals surface area (Å²) in [4.78, 5) is 24.2. The SMILES string of the molecule is Cc1cc(-c2nnc(COC(=O)CCC(=O)c3ccc(Cl)s3)o2)c(C)o1. The summed E-state index contributed by atoms with van der Waals surface area (Å²) in [7, 11) is 0. The molecule has 3 aromatic rings. The third-order valence-electron chi connectivity index (χ3n) is 3.50. The zero-order valence-electron chi connectivity index (χ0n) is 14.1. The van der Waals surface area contributed by atoms with E-state index in [2.05, 4.69) is 10.2 Å². The van der Waals surface area contributed by atoms with Crippen molar-refractivity contribution in [1.29, 1.82) is 0 Å². The van der Waals surface area contributed by atoms with E-state index in [-0.39, 0.29) is 31.1 Å². The van der Waals surface area contributed by atoms with Gasteiger partial charge in [0.1, 0.15) is 11.5 Å². The molecule has 0 saturated carbocycles. The number of rotatable bonds is 7. The zero-order chi connectivity index (χ0) is 18.7. The first-order chi connectivity index (χ1) is 12.4. The lowest BCUT2D eigenvalue weighted by molar-refractivity contribution is -0.145. The van der Waals surface area contributed by atoms with Gasteiger partial charge >= 0.3 is 5.97 Å². The van der Waals surface area contributed by atoms with Crippen molar-refractivity contribution in [3.8, 4) is 11.5 Å². The Morgan fingerprint density at radius 3 is 2.65 bits per heavy atom. The van der Waals surface area contributed by atoms with Crippen molar-refractivity contribution >= 4 is 34.7 Å². The summed E-state index contributed by atoms with van der Waals surface area (Å²) in [6.07, 6.45) is 0.0215. The predicted molar refractivity (Wildman–Crippen MR) is 94.2 cm³/mol. The topological polar surface area (TPSA) is 95.4 Å². The van der Waals surface area contributed by atoms with E-state index in [0.29, 0.717) is 26.4 Å². The first kappa shape index (κ1) is 18.3. The Morgan fingerprint density at radius 2 is 2.00 bits per heavy atom. The summed E-state index contributed by atoms with van der Waals surface area (Å²) >= 11 is 6.97. The molecule has 0 amide bonds. The quantitative estimate of drug-likeness (QED) is 0.433. The van der Waals surface area contributed by atoms with Crippen molar-refractivity contribution in [1.82, 2.24) is 10.2 Å². The Bertz CT molecular complexity index is 943. The molecular formula is C17H15ClN2O5S. The fourth-order valence-corrected chi connectivity index (χ4v) is 3.29. The minimum absolute atomic E-state index is 0.0324. The van der Waals surface area contributed by atoms with Crippen molar-refractivity contribution in [2.24, 2.45) is 0 Å². The Hall–Kier alpha value is -2.45. The molecule has 0 N–H and O–H groups in total. The number of nitrogens with zero attached hydrogens (tertiary/aromatic N) is 2. The number of thiophene rings is 1. The van der Waals surface area contributed by atoms with Crippen LogP contribution in [-0.2, 0) is 16.1 Å². The molecule has 0 spiro atoms. The number of furan rings is 1. The van der Waals surface area contributed by atoms with Gasteiger partial charge in [-0.25, -0.2) is 0 Å². The van der Waals surface area contributed by atoms with Gasteiger partial charge in [-0.15, -0.1) is 21.5 Å². The predicted octanol–water partition coefficient (Wildman–Crippen LogP) is 4.37. The lowest BCUT2D eigenvalue weighted by atomic mass is 10.2. The molecule has 3 aromatic heterocycles. The second-order valence-electron chi connectivity index (χ2n) is 5.52. The van der Waals surface area contributed by atoms with Crippen molar-refractivity contribution in [2.45, 2.75) is 33.3 Å². The third kappa shape index (κ3) is 4.39. The minimum Gasteiger partial charge on any atom is -0.466 e. The number of halogens is 1. The maximum Gasteiger partial charge on any atom is 0.306 e. The molecule has 9 heteroatoms. The van der Waals surface area contributed by atoms with Crippen LogP contribution < -0.4 is 0 Å². The lowest BCUT2D eigenvalue weighted by Crippen LogP contribution is -2.07. The number of hydrogen-bond donors (Lipinski definition) is 0. The van der Waals surface area contributed by atoms with E-state index < -0.39 is 5.97 Å². The first-order valence-corrected chi connectivity index (χ1v) is 8.96. The van der Waals surface area contributed by atoms with Crippen LogP contribution in [0.5, 0.6) is 0 Å². The molecule has 3 heterocycles. The zero-order valence-corrected chi connectivity index (χ0v) is 15.6. The van der Waals surface area contributed by atoms with Gasteiger partial charge in [0.25, 0.3) is 11.8 Å². The number of hydrogen-bond acceptors (Lipinski definition) is 8. The third-order valence-corrected chi connectivity index (χ3v) is 4.77. The average molecular weight is 395 g/mol. The summed E-state index contributed by atoms with van der Waals surface area (Å²) in [6, 6.07) is 5.08. The second-order valence-corrected chi connectivity index (χ2v) is 7.23. The van der Waals surface area contributed by atoms with Crippen molar-refractivity contribution in [3.63, 3.8) is 0 Å². The van der Waals surface area contributed by atoms with Gasteiger partial charge in [-0.05, 0) is 32.0 Å². The van der Waals surface area contributed by atoms with Crippen LogP contribution in [0.2, 0.25) is 4.34 Å². The second kappa shape index (κ2) is 7.84. The number of carbonyl (C=O) groups excluding carboxylic acids is 2. The maximum atomic E-state index is 11.9. The molecule has 0 fully saturated rings. The van der Waals surface area contributed by atoms with Gasteiger partial charge in [0.2, 0.25) is 0 Å². The molecular weight excluding hydrogens is 380 g/mol. The van der Waals surface area contributed by atoms with Crippen LogP contribution in [0.4, 0.5) is 0 Å². The highest BCUT2D eigenvalue weighted by molar-refractivity contribution is 7.18. The number of Topliss-reactive ketones (excluding diaryl/α,β-unsaturated/α-hetero) is 1. The average Bonchev–Trinajstić information content (AvgIpc) is 3.31.